The van der Waals surface area contributed by atoms with Gasteiger partial charge in [0.15, 0.2) is 0 Å². The van der Waals surface area contributed by atoms with Crippen molar-refractivity contribution in [2.24, 2.45) is 0 Å². The van der Waals surface area contributed by atoms with Crippen LogP contribution in [0.25, 0.3) is 5.53 Å². The third-order valence-corrected chi connectivity index (χ3v) is 3.63. The molecule has 0 amide bonds. The van der Waals surface area contributed by atoms with Crippen LogP contribution in [0.2, 0.25) is 0 Å². The molecule has 6 nitrogen and oxygen atoms in total. The monoisotopic (exact) mass is 277 g/mol. The summed E-state index contributed by atoms with van der Waals surface area (Å²) in [7, 11) is -4.32. The Bertz CT molecular complexity index is 654. The van der Waals surface area contributed by atoms with Gasteiger partial charge < -0.3 is 20.6 Å². The van der Waals surface area contributed by atoms with Gasteiger partial charge >= 0.3 is 7.60 Å². The molecule has 1 aromatic rings. The maximum absolute atomic E-state index is 11.4. The molecule has 0 bridgehead atoms. The van der Waals surface area contributed by atoms with E-state index in [1.165, 1.54) is 6.07 Å². The van der Waals surface area contributed by atoms with E-state index in [-0.39, 0.29) is 5.30 Å². The molecule has 3 N–H and O–H groups in total. The predicted octanol–water partition coefficient (Wildman–Crippen LogP) is 1.42. The third-order valence-electron chi connectivity index (χ3n) is 2.61. The Morgan fingerprint density at radius 1 is 1.26 bits per heavy atom. The smallest absolute Gasteiger partial charge is 0.358 e. The molecular weight excluding hydrogens is 265 g/mol. The van der Waals surface area contributed by atoms with Crippen molar-refractivity contribution in [2.75, 3.05) is 5.32 Å². The maximum Gasteiger partial charge on any atom is 0.358 e. The Hall–Kier alpha value is -1.97. The van der Waals surface area contributed by atoms with E-state index in [2.05, 4.69) is 10.1 Å². The summed E-state index contributed by atoms with van der Waals surface area (Å²) in [5, 5.41) is 2.90. The first-order valence-electron chi connectivity index (χ1n) is 5.52. The number of hydrogen-bond donors (Lipinski definition) is 3. The van der Waals surface area contributed by atoms with Gasteiger partial charge in [0, 0.05) is 11.8 Å². The number of hydrogen-bond acceptors (Lipinski definition) is 2. The number of nitrogens with one attached hydrogen (secondary N) is 1. The second-order valence-electron chi connectivity index (χ2n) is 3.97. The molecule has 0 atom stereocenters. The lowest BCUT2D eigenvalue weighted by Gasteiger charge is -2.14. The van der Waals surface area contributed by atoms with Gasteiger partial charge in [0.05, 0.1) is 17.4 Å². The maximum atomic E-state index is 11.4. The fraction of sp³-hybridized carbons (Fsp3) is 0.0833. The van der Waals surface area contributed by atoms with E-state index in [1.807, 2.05) is 0 Å². The van der Waals surface area contributed by atoms with Crippen molar-refractivity contribution >= 4 is 24.3 Å². The van der Waals surface area contributed by atoms with Crippen LogP contribution < -0.4 is 10.6 Å². The van der Waals surface area contributed by atoms with Gasteiger partial charge in [-0.15, -0.1) is 0 Å². The highest BCUT2D eigenvalue weighted by Crippen LogP contribution is 2.36. The minimum atomic E-state index is -4.32. The van der Waals surface area contributed by atoms with E-state index in [0.29, 0.717) is 23.5 Å². The average molecular weight is 277 g/mol. The molecule has 0 fully saturated rings. The van der Waals surface area contributed by atoms with Gasteiger partial charge in [-0.3, -0.25) is 4.57 Å². The highest BCUT2D eigenvalue weighted by Gasteiger charge is 2.21. The molecule has 0 saturated carbocycles. The average Bonchev–Trinajstić information content (AvgIpc) is 2.39. The Labute approximate surface area is 109 Å². The summed E-state index contributed by atoms with van der Waals surface area (Å²) >= 11 is 0. The Kier molecular flexibility index (Phi) is 3.79. The molecule has 19 heavy (non-hydrogen) atoms. The zero-order valence-corrected chi connectivity index (χ0v) is 10.8. The van der Waals surface area contributed by atoms with Crippen LogP contribution >= 0.6 is 7.60 Å². The van der Waals surface area contributed by atoms with E-state index in [9.17, 15) is 14.4 Å². The molecule has 1 aliphatic rings. The molecule has 7 heteroatoms. The molecule has 2 rings (SSSR count). The topological polar surface area (TPSA) is 106 Å². The first-order chi connectivity index (χ1) is 9.00. The zero-order valence-electron chi connectivity index (χ0n) is 9.89. The molecule has 0 radical (unpaired) electrons. The van der Waals surface area contributed by atoms with Crippen molar-refractivity contribution < 1.29 is 19.1 Å². The summed E-state index contributed by atoms with van der Waals surface area (Å²) < 4.78 is 11.4. The predicted molar refractivity (Wildman–Crippen MR) is 72.2 cm³/mol. The van der Waals surface area contributed by atoms with Gasteiger partial charge in [-0.2, -0.15) is 4.79 Å². The highest BCUT2D eigenvalue weighted by atomic mass is 31.2. The van der Waals surface area contributed by atoms with Crippen LogP contribution in [0, 0.1) is 0 Å². The lowest BCUT2D eigenvalue weighted by atomic mass is 10.1. The second kappa shape index (κ2) is 5.34. The minimum absolute atomic E-state index is 0.0501. The summed E-state index contributed by atoms with van der Waals surface area (Å²) in [4.78, 5) is 21.6. The molecule has 0 aliphatic heterocycles. The zero-order chi connectivity index (χ0) is 13.9. The lowest BCUT2D eigenvalue weighted by Crippen LogP contribution is -2.13. The standard InChI is InChI=1S/C12H12N3O3P/c13-15-10-7-5-9(6-8-10)14-11-3-1-2-4-12(11)19(16,17)18/h1-7,14H,8H2,(H2,16,17,18). The molecule has 0 heterocycles. The molecule has 1 aliphatic carbocycles. The number of para-hydroxylation sites is 1. The number of rotatable bonds is 3. The van der Waals surface area contributed by atoms with Crippen LogP contribution in [-0.2, 0) is 4.57 Å². The van der Waals surface area contributed by atoms with E-state index < -0.39 is 7.60 Å². The van der Waals surface area contributed by atoms with E-state index >= 15 is 0 Å². The lowest BCUT2D eigenvalue weighted by molar-refractivity contribution is -0.00540. The molecular formula is C12H12N3O3P. The van der Waals surface area contributed by atoms with Crippen LogP contribution in [0.1, 0.15) is 6.42 Å². The van der Waals surface area contributed by atoms with Crippen molar-refractivity contribution in [1.29, 1.82) is 0 Å². The van der Waals surface area contributed by atoms with Gasteiger partial charge in [0.25, 0.3) is 5.71 Å². The van der Waals surface area contributed by atoms with Crippen molar-refractivity contribution in [3.8, 4) is 0 Å². The number of allylic oxidation sites excluding steroid dienone is 3. The van der Waals surface area contributed by atoms with Crippen molar-refractivity contribution in [2.45, 2.75) is 6.42 Å². The van der Waals surface area contributed by atoms with Crippen LogP contribution in [0.4, 0.5) is 5.69 Å². The minimum Gasteiger partial charge on any atom is -0.361 e. The number of nitrogens with zero attached hydrogens (tertiary/aromatic N) is 2. The summed E-state index contributed by atoms with van der Waals surface area (Å²) in [5.41, 5.74) is 10.2. The first kappa shape index (κ1) is 13.5. The Morgan fingerprint density at radius 2 is 2.00 bits per heavy atom. The van der Waals surface area contributed by atoms with Gasteiger partial charge in [-0.1, -0.05) is 12.1 Å². The molecule has 0 spiro atoms. The SMILES string of the molecule is [N-]=[N+]=C1C=CC(Nc2ccccc2P(=O)(O)O)=CC1. The normalized spacial score (nSPS) is 14.8. The second-order valence-corrected chi connectivity index (χ2v) is 5.54. The largest absolute Gasteiger partial charge is 0.361 e. The number of benzene rings is 1. The van der Waals surface area contributed by atoms with Gasteiger partial charge in [0.1, 0.15) is 0 Å². The molecule has 98 valence electrons. The highest BCUT2D eigenvalue weighted by molar-refractivity contribution is 7.60. The van der Waals surface area contributed by atoms with Crippen molar-refractivity contribution in [3.63, 3.8) is 0 Å². The first-order valence-corrected chi connectivity index (χ1v) is 7.13. The van der Waals surface area contributed by atoms with E-state index in [0.717, 1.165) is 0 Å². The quantitative estimate of drug-likeness (QED) is 0.441. The third kappa shape index (κ3) is 3.28. The van der Waals surface area contributed by atoms with Crippen LogP contribution in [-0.4, -0.2) is 20.3 Å². The van der Waals surface area contributed by atoms with Gasteiger partial charge in [-0.05, 0) is 24.3 Å². The summed E-state index contributed by atoms with van der Waals surface area (Å²) in [6, 6.07) is 6.24. The molecule has 0 saturated heterocycles. The van der Waals surface area contributed by atoms with Gasteiger partial charge in [-0.25, -0.2) is 0 Å². The van der Waals surface area contributed by atoms with E-state index in [1.54, 1.807) is 36.4 Å². The van der Waals surface area contributed by atoms with E-state index in [4.69, 9.17) is 5.53 Å². The molecule has 0 aromatic heterocycles. The van der Waals surface area contributed by atoms with Gasteiger partial charge in [0.2, 0.25) is 0 Å². The fourth-order valence-corrected chi connectivity index (χ4v) is 2.42. The molecule has 0 unspecified atom stereocenters. The molecule has 1 aromatic carbocycles. The summed E-state index contributed by atoms with van der Waals surface area (Å²) in [6.07, 6.45) is 5.52. The summed E-state index contributed by atoms with van der Waals surface area (Å²) in [5.74, 6) is 0. The van der Waals surface area contributed by atoms with Crippen LogP contribution in [0.5, 0.6) is 0 Å². The summed E-state index contributed by atoms with van der Waals surface area (Å²) in [6.45, 7) is 0. The van der Waals surface area contributed by atoms with Crippen LogP contribution in [0.3, 0.4) is 0 Å². The van der Waals surface area contributed by atoms with Crippen molar-refractivity contribution in [3.05, 3.63) is 53.7 Å². The van der Waals surface area contributed by atoms with Crippen LogP contribution in [0.15, 0.2) is 48.2 Å². The Morgan fingerprint density at radius 3 is 2.58 bits per heavy atom. The number of anilines is 1. The van der Waals surface area contributed by atoms with Crippen molar-refractivity contribution in [1.82, 2.24) is 0 Å². The fourth-order valence-electron chi connectivity index (χ4n) is 1.69. The Balaban J connectivity index is 2.27.